The molecule has 2 aromatic heterocycles. The SMILES string of the molecule is O=C(O)CCc1ccc(-c2[nH]n(-c3nc4ccc(Cl)cc4[nH]3)c(=O)c2CCc2ccc(F)cc2)cc1. The van der Waals surface area contributed by atoms with Crippen LogP contribution in [-0.2, 0) is 24.1 Å². The molecular weight excluding hydrogens is 483 g/mol. The number of aryl methyl sites for hydroxylation is 2. The molecule has 0 aliphatic rings. The Kier molecular flexibility index (Phi) is 6.43. The maximum absolute atomic E-state index is 13.5. The van der Waals surface area contributed by atoms with Crippen molar-refractivity contribution < 1.29 is 14.3 Å². The average Bonchev–Trinajstić information content (AvgIpc) is 3.43. The summed E-state index contributed by atoms with van der Waals surface area (Å²) in [5.74, 6) is -0.822. The molecule has 36 heavy (non-hydrogen) atoms. The Morgan fingerprint density at radius 2 is 1.67 bits per heavy atom. The molecule has 0 saturated heterocycles. The van der Waals surface area contributed by atoms with E-state index in [0.29, 0.717) is 52.5 Å². The minimum absolute atomic E-state index is 0.0472. The van der Waals surface area contributed by atoms with Crippen LogP contribution in [0.1, 0.15) is 23.1 Å². The highest BCUT2D eigenvalue weighted by Gasteiger charge is 2.19. The van der Waals surface area contributed by atoms with Crippen LogP contribution in [0.5, 0.6) is 0 Å². The highest BCUT2D eigenvalue weighted by molar-refractivity contribution is 6.31. The second-order valence-corrected chi connectivity index (χ2v) is 8.98. The van der Waals surface area contributed by atoms with Crippen LogP contribution in [0.25, 0.3) is 28.2 Å². The number of nitrogens with zero attached hydrogens (tertiary/aromatic N) is 2. The van der Waals surface area contributed by atoms with Crippen LogP contribution in [0.3, 0.4) is 0 Å². The summed E-state index contributed by atoms with van der Waals surface area (Å²) in [5, 5.41) is 12.7. The molecule has 0 aliphatic heterocycles. The van der Waals surface area contributed by atoms with Gasteiger partial charge in [0.15, 0.2) is 0 Å². The van der Waals surface area contributed by atoms with Gasteiger partial charge in [0.05, 0.1) is 16.7 Å². The van der Waals surface area contributed by atoms with Crippen molar-refractivity contribution in [3.63, 3.8) is 0 Å². The van der Waals surface area contributed by atoms with E-state index in [4.69, 9.17) is 16.7 Å². The van der Waals surface area contributed by atoms with Crippen molar-refractivity contribution in [3.8, 4) is 17.2 Å². The number of aromatic amines is 2. The molecule has 5 rings (SSSR count). The van der Waals surface area contributed by atoms with Gasteiger partial charge in [0, 0.05) is 17.0 Å². The van der Waals surface area contributed by atoms with Crippen LogP contribution >= 0.6 is 11.6 Å². The normalized spacial score (nSPS) is 11.3. The third-order valence-electron chi connectivity index (χ3n) is 6.08. The van der Waals surface area contributed by atoms with Crippen molar-refractivity contribution in [1.82, 2.24) is 19.7 Å². The lowest BCUT2D eigenvalue weighted by atomic mass is 10.00. The Morgan fingerprint density at radius 1 is 0.972 bits per heavy atom. The maximum atomic E-state index is 13.5. The number of aromatic nitrogens is 4. The number of rotatable bonds is 8. The van der Waals surface area contributed by atoms with Crippen molar-refractivity contribution in [3.05, 3.63) is 105 Å². The largest absolute Gasteiger partial charge is 0.481 e. The first-order valence-electron chi connectivity index (χ1n) is 11.4. The summed E-state index contributed by atoms with van der Waals surface area (Å²) in [5.41, 5.74) is 4.94. The zero-order chi connectivity index (χ0) is 25.2. The van der Waals surface area contributed by atoms with E-state index >= 15 is 0 Å². The van der Waals surface area contributed by atoms with Gasteiger partial charge in [-0.2, -0.15) is 4.68 Å². The monoisotopic (exact) mass is 504 g/mol. The predicted molar refractivity (Wildman–Crippen MR) is 136 cm³/mol. The standard InChI is InChI=1S/C27H22ClFN4O3/c28-19-9-13-22-23(15-19)31-27(30-22)33-26(36)21(12-5-17-3-10-20(29)11-4-17)25(32-33)18-7-1-16(2-8-18)6-14-24(34)35/h1-4,7-11,13,15,32H,5-6,12,14H2,(H,30,31)(H,34,35). The van der Waals surface area contributed by atoms with E-state index in [1.807, 2.05) is 24.3 Å². The van der Waals surface area contributed by atoms with E-state index in [0.717, 1.165) is 16.7 Å². The number of fused-ring (bicyclic) bond motifs is 1. The first-order valence-corrected chi connectivity index (χ1v) is 11.8. The fourth-order valence-electron chi connectivity index (χ4n) is 4.18. The fraction of sp³-hybridized carbons (Fsp3) is 0.148. The van der Waals surface area contributed by atoms with Crippen molar-refractivity contribution in [1.29, 1.82) is 0 Å². The molecule has 3 aromatic carbocycles. The number of hydrogen-bond donors (Lipinski definition) is 3. The molecule has 2 heterocycles. The van der Waals surface area contributed by atoms with Gasteiger partial charge in [0.25, 0.3) is 5.56 Å². The van der Waals surface area contributed by atoms with Crippen molar-refractivity contribution >= 4 is 28.6 Å². The van der Waals surface area contributed by atoms with Crippen LogP contribution in [0.4, 0.5) is 4.39 Å². The molecule has 0 unspecified atom stereocenters. The van der Waals surface area contributed by atoms with Crippen LogP contribution in [0.2, 0.25) is 5.02 Å². The second kappa shape index (κ2) is 9.83. The molecule has 182 valence electrons. The predicted octanol–water partition coefficient (Wildman–Crippen LogP) is 5.30. The number of hydrogen-bond acceptors (Lipinski definition) is 3. The summed E-state index contributed by atoms with van der Waals surface area (Å²) in [6.45, 7) is 0. The summed E-state index contributed by atoms with van der Waals surface area (Å²) in [4.78, 5) is 32.1. The third kappa shape index (κ3) is 4.94. The van der Waals surface area contributed by atoms with Gasteiger partial charge in [-0.25, -0.2) is 9.37 Å². The van der Waals surface area contributed by atoms with Crippen LogP contribution in [0.15, 0.2) is 71.5 Å². The minimum atomic E-state index is -0.851. The van der Waals surface area contributed by atoms with E-state index in [-0.39, 0.29) is 17.8 Å². The van der Waals surface area contributed by atoms with E-state index in [1.165, 1.54) is 16.8 Å². The van der Waals surface area contributed by atoms with E-state index in [1.54, 1.807) is 30.3 Å². The molecule has 3 N–H and O–H groups in total. The van der Waals surface area contributed by atoms with Gasteiger partial charge < -0.3 is 10.1 Å². The summed E-state index contributed by atoms with van der Waals surface area (Å²) < 4.78 is 14.7. The zero-order valence-electron chi connectivity index (χ0n) is 19.1. The molecule has 7 nitrogen and oxygen atoms in total. The van der Waals surface area contributed by atoms with E-state index in [2.05, 4.69) is 15.1 Å². The smallest absolute Gasteiger partial charge is 0.303 e. The second-order valence-electron chi connectivity index (χ2n) is 8.54. The Bertz CT molecular complexity index is 1600. The van der Waals surface area contributed by atoms with Gasteiger partial charge in [-0.1, -0.05) is 48.0 Å². The van der Waals surface area contributed by atoms with Crippen molar-refractivity contribution in [2.45, 2.75) is 25.7 Å². The molecule has 0 amide bonds. The molecule has 0 saturated carbocycles. The first-order chi connectivity index (χ1) is 17.4. The third-order valence-corrected chi connectivity index (χ3v) is 6.31. The number of aliphatic carboxylic acids is 1. The van der Waals surface area contributed by atoms with Gasteiger partial charge in [-0.3, -0.25) is 14.7 Å². The number of carboxylic acid groups (broad SMARTS) is 1. The van der Waals surface area contributed by atoms with Crippen LogP contribution in [0, 0.1) is 5.82 Å². The van der Waals surface area contributed by atoms with Gasteiger partial charge >= 0.3 is 5.97 Å². The Morgan fingerprint density at radius 3 is 2.39 bits per heavy atom. The lowest BCUT2D eigenvalue weighted by molar-refractivity contribution is -0.136. The molecule has 0 spiro atoms. The van der Waals surface area contributed by atoms with Crippen molar-refractivity contribution in [2.75, 3.05) is 0 Å². The highest BCUT2D eigenvalue weighted by Crippen LogP contribution is 2.24. The molecule has 5 aromatic rings. The summed E-state index contributed by atoms with van der Waals surface area (Å²) in [7, 11) is 0. The highest BCUT2D eigenvalue weighted by atomic mass is 35.5. The molecule has 0 bridgehead atoms. The number of nitrogens with one attached hydrogen (secondary N) is 2. The van der Waals surface area contributed by atoms with Crippen LogP contribution in [-0.4, -0.2) is 30.8 Å². The summed E-state index contributed by atoms with van der Waals surface area (Å²) in [6, 6.07) is 18.9. The van der Waals surface area contributed by atoms with Gasteiger partial charge in [0.1, 0.15) is 5.82 Å². The molecule has 9 heteroatoms. The van der Waals surface area contributed by atoms with Crippen LogP contribution < -0.4 is 5.56 Å². The fourth-order valence-corrected chi connectivity index (χ4v) is 4.35. The quantitative estimate of drug-likeness (QED) is 0.266. The Labute approximate surface area is 210 Å². The van der Waals surface area contributed by atoms with Gasteiger partial charge in [-0.15, -0.1) is 0 Å². The first kappa shape index (κ1) is 23.6. The molecule has 0 radical (unpaired) electrons. The lowest BCUT2D eigenvalue weighted by Gasteiger charge is -2.05. The minimum Gasteiger partial charge on any atom is -0.481 e. The molecule has 0 atom stereocenters. The van der Waals surface area contributed by atoms with Gasteiger partial charge in [0.2, 0.25) is 5.95 Å². The maximum Gasteiger partial charge on any atom is 0.303 e. The number of benzene rings is 3. The number of H-pyrrole nitrogens is 2. The summed E-state index contributed by atoms with van der Waals surface area (Å²) in [6.07, 6.45) is 1.45. The van der Waals surface area contributed by atoms with E-state index < -0.39 is 5.97 Å². The summed E-state index contributed by atoms with van der Waals surface area (Å²) >= 11 is 6.10. The lowest BCUT2D eigenvalue weighted by Crippen LogP contribution is -2.18. The number of carbonyl (C=O) groups is 1. The molecule has 0 fully saturated rings. The van der Waals surface area contributed by atoms with E-state index in [9.17, 15) is 14.0 Å². The van der Waals surface area contributed by atoms with Gasteiger partial charge in [-0.05, 0) is 66.3 Å². The number of carboxylic acids is 1. The number of halogens is 2. The molecular formula is C27H22ClFN4O3. The zero-order valence-corrected chi connectivity index (χ0v) is 19.8. The van der Waals surface area contributed by atoms with Crippen molar-refractivity contribution in [2.24, 2.45) is 0 Å². The topological polar surface area (TPSA) is 104 Å². The molecule has 0 aliphatic carbocycles. The number of imidazole rings is 1. The Hall–Kier alpha value is -4.17. The Balaban J connectivity index is 1.54. The average molecular weight is 505 g/mol.